The second kappa shape index (κ2) is 10.2. The monoisotopic (exact) mass is 404 g/mol. The lowest BCUT2D eigenvalue weighted by Crippen LogP contribution is -2.37. The van der Waals surface area contributed by atoms with Crippen molar-refractivity contribution in [2.75, 3.05) is 25.5 Å². The molecule has 0 unspecified atom stereocenters. The van der Waals surface area contributed by atoms with Crippen LogP contribution in [0.3, 0.4) is 0 Å². The van der Waals surface area contributed by atoms with E-state index in [2.05, 4.69) is 12.2 Å². The van der Waals surface area contributed by atoms with E-state index in [1.54, 1.807) is 19.1 Å². The summed E-state index contributed by atoms with van der Waals surface area (Å²) in [6.07, 6.45) is 3.27. The number of ether oxygens (including phenoxy) is 1. The van der Waals surface area contributed by atoms with Crippen LogP contribution >= 0.6 is 0 Å². The maximum Gasteiger partial charge on any atom is 0.243 e. The minimum absolute atomic E-state index is 0.128. The molecule has 0 aliphatic carbocycles. The van der Waals surface area contributed by atoms with E-state index < -0.39 is 10.0 Å². The summed E-state index contributed by atoms with van der Waals surface area (Å²) >= 11 is 0. The molecule has 1 N–H and O–H groups in total. The molecule has 6 nitrogen and oxygen atoms in total. The summed E-state index contributed by atoms with van der Waals surface area (Å²) in [4.78, 5) is 12.5. The molecular formula is C21H28N2O4S. The highest BCUT2D eigenvalue weighted by molar-refractivity contribution is 7.89. The second-order valence-electron chi connectivity index (χ2n) is 6.46. The van der Waals surface area contributed by atoms with Gasteiger partial charge in [0.2, 0.25) is 15.9 Å². The first-order chi connectivity index (χ1) is 13.4. The number of sulfonamides is 1. The maximum absolute atomic E-state index is 12.8. The van der Waals surface area contributed by atoms with Crippen LogP contribution in [0.4, 0.5) is 5.69 Å². The highest BCUT2D eigenvalue weighted by atomic mass is 32.2. The van der Waals surface area contributed by atoms with Gasteiger partial charge in [0.05, 0.1) is 18.6 Å². The summed E-state index contributed by atoms with van der Waals surface area (Å²) < 4.78 is 31.8. The van der Waals surface area contributed by atoms with Crippen LogP contribution in [0.25, 0.3) is 0 Å². The molecule has 0 aromatic heterocycles. The van der Waals surface area contributed by atoms with Gasteiger partial charge in [0.25, 0.3) is 0 Å². The average molecular weight is 405 g/mol. The number of nitrogens with zero attached hydrogens (tertiary/aromatic N) is 1. The predicted octanol–water partition coefficient (Wildman–Crippen LogP) is 3.69. The molecule has 0 fully saturated rings. The largest absolute Gasteiger partial charge is 0.497 e. The number of benzene rings is 2. The van der Waals surface area contributed by atoms with Crippen molar-refractivity contribution in [2.45, 2.75) is 38.0 Å². The van der Waals surface area contributed by atoms with Gasteiger partial charge in [-0.1, -0.05) is 32.4 Å². The number of anilines is 1. The second-order valence-corrected chi connectivity index (χ2v) is 8.39. The maximum atomic E-state index is 12.8. The Kier molecular flexibility index (Phi) is 8.02. The van der Waals surface area contributed by atoms with Crippen LogP contribution in [-0.2, 0) is 21.2 Å². The van der Waals surface area contributed by atoms with Gasteiger partial charge in [-0.15, -0.1) is 0 Å². The van der Waals surface area contributed by atoms with Crippen LogP contribution in [0.2, 0.25) is 0 Å². The van der Waals surface area contributed by atoms with Gasteiger partial charge in [-0.2, -0.15) is 4.31 Å². The van der Waals surface area contributed by atoms with E-state index in [1.807, 2.05) is 24.3 Å². The van der Waals surface area contributed by atoms with E-state index in [-0.39, 0.29) is 23.9 Å². The standard InChI is InChI=1S/C21H28N2O4S/c1-4-6-7-17-8-10-18(11-9-17)22-21(24)16-23(5-2)28(25,26)20-14-12-19(27-3)13-15-20/h8-15H,4-7,16H2,1-3H3,(H,22,24). The third-order valence-corrected chi connectivity index (χ3v) is 6.36. The number of unbranched alkanes of at least 4 members (excludes halogenated alkanes) is 1. The van der Waals surface area contributed by atoms with E-state index in [1.165, 1.54) is 24.8 Å². The molecule has 2 aromatic rings. The van der Waals surface area contributed by atoms with Crippen molar-refractivity contribution in [3.8, 4) is 5.75 Å². The Labute approximate surface area is 167 Å². The lowest BCUT2D eigenvalue weighted by molar-refractivity contribution is -0.116. The molecular weight excluding hydrogens is 376 g/mol. The Morgan fingerprint density at radius 2 is 1.68 bits per heavy atom. The van der Waals surface area contributed by atoms with E-state index in [0.717, 1.165) is 23.6 Å². The van der Waals surface area contributed by atoms with Gasteiger partial charge in [-0.3, -0.25) is 4.79 Å². The van der Waals surface area contributed by atoms with E-state index >= 15 is 0 Å². The lowest BCUT2D eigenvalue weighted by Gasteiger charge is -2.20. The molecule has 0 saturated carbocycles. The Hall–Kier alpha value is -2.38. The smallest absolute Gasteiger partial charge is 0.243 e. The molecule has 152 valence electrons. The highest BCUT2D eigenvalue weighted by Gasteiger charge is 2.25. The first kappa shape index (κ1) is 21.9. The third-order valence-electron chi connectivity index (χ3n) is 4.43. The van der Waals surface area contributed by atoms with Crippen LogP contribution in [0, 0.1) is 0 Å². The number of hydrogen-bond acceptors (Lipinski definition) is 4. The Balaban J connectivity index is 2.03. The Bertz CT molecular complexity index is 862. The van der Waals surface area contributed by atoms with Gasteiger partial charge in [0, 0.05) is 12.2 Å². The van der Waals surface area contributed by atoms with Crippen LogP contribution in [-0.4, -0.2) is 38.8 Å². The molecule has 0 atom stereocenters. The highest BCUT2D eigenvalue weighted by Crippen LogP contribution is 2.19. The molecule has 0 spiro atoms. The number of amides is 1. The summed E-state index contributed by atoms with van der Waals surface area (Å²) in [5, 5.41) is 2.77. The van der Waals surface area contributed by atoms with E-state index in [9.17, 15) is 13.2 Å². The van der Waals surface area contributed by atoms with Crippen molar-refractivity contribution < 1.29 is 17.9 Å². The van der Waals surface area contributed by atoms with Crippen molar-refractivity contribution in [1.82, 2.24) is 4.31 Å². The first-order valence-corrected chi connectivity index (χ1v) is 10.9. The summed E-state index contributed by atoms with van der Waals surface area (Å²) in [6.45, 7) is 3.80. The van der Waals surface area contributed by atoms with Crippen LogP contribution in [0.5, 0.6) is 5.75 Å². The van der Waals surface area contributed by atoms with Crippen LogP contribution < -0.4 is 10.1 Å². The number of rotatable bonds is 10. The number of aryl methyl sites for hydroxylation is 1. The number of hydrogen-bond donors (Lipinski definition) is 1. The molecule has 1 amide bonds. The van der Waals surface area contributed by atoms with Gasteiger partial charge in [0.1, 0.15) is 5.75 Å². The van der Waals surface area contributed by atoms with Crippen molar-refractivity contribution >= 4 is 21.6 Å². The topological polar surface area (TPSA) is 75.7 Å². The van der Waals surface area contributed by atoms with Crippen molar-refractivity contribution in [1.29, 1.82) is 0 Å². The molecule has 2 aromatic carbocycles. The summed E-state index contributed by atoms with van der Waals surface area (Å²) in [5.74, 6) is 0.197. The minimum Gasteiger partial charge on any atom is -0.497 e. The fourth-order valence-corrected chi connectivity index (χ4v) is 4.17. The molecule has 2 rings (SSSR count). The molecule has 7 heteroatoms. The molecule has 0 aliphatic heterocycles. The third kappa shape index (κ3) is 5.81. The van der Waals surface area contributed by atoms with Gasteiger partial charge in [0.15, 0.2) is 0 Å². The number of methoxy groups -OCH3 is 1. The SMILES string of the molecule is CCCCc1ccc(NC(=O)CN(CC)S(=O)(=O)c2ccc(OC)cc2)cc1. The predicted molar refractivity (Wildman–Crippen MR) is 111 cm³/mol. The molecule has 0 bridgehead atoms. The number of carbonyl (C=O) groups excluding carboxylic acids is 1. The number of likely N-dealkylation sites (N-methyl/N-ethyl adjacent to an activating group) is 1. The number of nitrogens with one attached hydrogen (secondary N) is 1. The van der Waals surface area contributed by atoms with Gasteiger partial charge < -0.3 is 10.1 Å². The van der Waals surface area contributed by atoms with Gasteiger partial charge in [-0.05, 0) is 54.8 Å². The molecule has 28 heavy (non-hydrogen) atoms. The normalized spacial score (nSPS) is 11.4. The molecule has 0 aliphatic rings. The van der Waals surface area contributed by atoms with Gasteiger partial charge in [-0.25, -0.2) is 8.42 Å². The van der Waals surface area contributed by atoms with E-state index in [4.69, 9.17) is 4.74 Å². The minimum atomic E-state index is -3.76. The molecule has 0 saturated heterocycles. The zero-order valence-electron chi connectivity index (χ0n) is 16.6. The zero-order valence-corrected chi connectivity index (χ0v) is 17.5. The van der Waals surface area contributed by atoms with Gasteiger partial charge >= 0.3 is 0 Å². The van der Waals surface area contributed by atoms with Crippen molar-refractivity contribution in [2.24, 2.45) is 0 Å². The summed E-state index contributed by atoms with van der Waals surface area (Å²) in [7, 11) is -2.25. The zero-order chi connectivity index (χ0) is 20.6. The summed E-state index contributed by atoms with van der Waals surface area (Å²) in [6, 6.07) is 13.8. The molecule has 0 radical (unpaired) electrons. The first-order valence-electron chi connectivity index (χ1n) is 9.43. The quantitative estimate of drug-likeness (QED) is 0.655. The van der Waals surface area contributed by atoms with Crippen molar-refractivity contribution in [3.63, 3.8) is 0 Å². The Morgan fingerprint density at radius 3 is 2.21 bits per heavy atom. The summed E-state index contributed by atoms with van der Waals surface area (Å²) in [5.41, 5.74) is 1.88. The fraction of sp³-hybridized carbons (Fsp3) is 0.381. The van der Waals surface area contributed by atoms with Crippen LogP contribution in [0.1, 0.15) is 32.3 Å². The van der Waals surface area contributed by atoms with Crippen LogP contribution in [0.15, 0.2) is 53.4 Å². The average Bonchev–Trinajstić information content (AvgIpc) is 2.71. The van der Waals surface area contributed by atoms with E-state index in [0.29, 0.717) is 11.4 Å². The fourth-order valence-electron chi connectivity index (χ4n) is 2.76. The lowest BCUT2D eigenvalue weighted by atomic mass is 10.1. The number of carbonyl (C=O) groups is 1. The Morgan fingerprint density at radius 1 is 1.04 bits per heavy atom. The molecule has 0 heterocycles. The van der Waals surface area contributed by atoms with Crippen molar-refractivity contribution in [3.05, 3.63) is 54.1 Å².